The van der Waals surface area contributed by atoms with E-state index in [0.29, 0.717) is 5.02 Å². The summed E-state index contributed by atoms with van der Waals surface area (Å²) in [5.74, 6) is -0.982. The van der Waals surface area contributed by atoms with Crippen LogP contribution >= 0.6 is 11.6 Å². The molecule has 1 atom stereocenters. The topological polar surface area (TPSA) is 55.4 Å². The number of benzene rings is 2. The average molecular weight is 318 g/mol. The van der Waals surface area contributed by atoms with Crippen LogP contribution in [0.3, 0.4) is 0 Å². The standard InChI is InChI=1S/C17H16ClNO3/c1-12(13-7-3-2-4-8-13)19-16(20)11-22-17(21)14-9-5-6-10-15(14)18/h2-10,12H,11H2,1H3,(H,19,20). The van der Waals surface area contributed by atoms with Gasteiger partial charge in [0.25, 0.3) is 5.91 Å². The monoisotopic (exact) mass is 317 g/mol. The van der Waals surface area contributed by atoms with Crippen LogP contribution in [0.4, 0.5) is 0 Å². The van der Waals surface area contributed by atoms with Gasteiger partial charge in [0.05, 0.1) is 16.6 Å². The predicted octanol–water partition coefficient (Wildman–Crippen LogP) is 3.37. The van der Waals surface area contributed by atoms with Gasteiger partial charge in [0.15, 0.2) is 6.61 Å². The van der Waals surface area contributed by atoms with E-state index in [1.165, 1.54) is 0 Å². The Labute approximate surface area is 134 Å². The van der Waals surface area contributed by atoms with Crippen molar-refractivity contribution in [1.29, 1.82) is 0 Å². The minimum Gasteiger partial charge on any atom is -0.452 e. The van der Waals surface area contributed by atoms with Crippen molar-refractivity contribution in [1.82, 2.24) is 5.32 Å². The van der Waals surface area contributed by atoms with Crippen LogP contribution in [0.2, 0.25) is 5.02 Å². The fraction of sp³-hybridized carbons (Fsp3) is 0.176. The molecule has 2 aromatic rings. The summed E-state index contributed by atoms with van der Waals surface area (Å²) in [4.78, 5) is 23.7. The normalized spacial score (nSPS) is 11.5. The van der Waals surface area contributed by atoms with Gasteiger partial charge < -0.3 is 10.1 Å². The molecule has 0 saturated heterocycles. The van der Waals surface area contributed by atoms with Crippen LogP contribution in [-0.4, -0.2) is 18.5 Å². The summed E-state index contributed by atoms with van der Waals surface area (Å²) >= 11 is 5.90. The van der Waals surface area contributed by atoms with Crippen LogP contribution in [0.25, 0.3) is 0 Å². The summed E-state index contributed by atoms with van der Waals surface area (Å²) in [6.45, 7) is 1.52. The van der Waals surface area contributed by atoms with Gasteiger partial charge in [0, 0.05) is 0 Å². The molecule has 0 fully saturated rings. The van der Waals surface area contributed by atoms with Crippen molar-refractivity contribution < 1.29 is 14.3 Å². The van der Waals surface area contributed by atoms with Crippen LogP contribution < -0.4 is 5.32 Å². The number of carbonyl (C=O) groups excluding carboxylic acids is 2. The van der Waals surface area contributed by atoms with E-state index in [4.69, 9.17) is 16.3 Å². The maximum atomic E-state index is 11.8. The van der Waals surface area contributed by atoms with E-state index in [9.17, 15) is 9.59 Å². The van der Waals surface area contributed by atoms with Crippen molar-refractivity contribution in [2.45, 2.75) is 13.0 Å². The summed E-state index contributed by atoms with van der Waals surface area (Å²) in [5.41, 5.74) is 1.22. The van der Waals surface area contributed by atoms with Crippen molar-refractivity contribution in [3.05, 3.63) is 70.7 Å². The Kier molecular flexibility index (Phi) is 5.55. The molecule has 4 nitrogen and oxygen atoms in total. The lowest BCUT2D eigenvalue weighted by Gasteiger charge is -2.14. The third-order valence-electron chi connectivity index (χ3n) is 3.11. The fourth-order valence-electron chi connectivity index (χ4n) is 1.94. The molecule has 114 valence electrons. The quantitative estimate of drug-likeness (QED) is 0.860. The highest BCUT2D eigenvalue weighted by Crippen LogP contribution is 2.16. The van der Waals surface area contributed by atoms with Gasteiger partial charge in [-0.3, -0.25) is 4.79 Å². The van der Waals surface area contributed by atoms with Crippen molar-refractivity contribution in [3.8, 4) is 0 Å². The van der Waals surface area contributed by atoms with Crippen molar-refractivity contribution in [2.75, 3.05) is 6.61 Å². The second kappa shape index (κ2) is 7.61. The average Bonchev–Trinajstić information content (AvgIpc) is 2.54. The van der Waals surface area contributed by atoms with Gasteiger partial charge >= 0.3 is 5.97 Å². The molecule has 2 rings (SSSR count). The van der Waals surface area contributed by atoms with Gasteiger partial charge in [-0.05, 0) is 24.6 Å². The molecule has 0 bridgehead atoms. The van der Waals surface area contributed by atoms with Gasteiger partial charge in [0.2, 0.25) is 0 Å². The Morgan fingerprint density at radius 1 is 1.09 bits per heavy atom. The maximum Gasteiger partial charge on any atom is 0.340 e. The van der Waals surface area contributed by atoms with E-state index < -0.39 is 5.97 Å². The number of amides is 1. The SMILES string of the molecule is CC(NC(=O)COC(=O)c1ccccc1Cl)c1ccccc1. The first-order valence-corrected chi connectivity index (χ1v) is 7.21. The summed E-state index contributed by atoms with van der Waals surface area (Å²) in [7, 11) is 0. The van der Waals surface area contributed by atoms with Crippen LogP contribution in [0.5, 0.6) is 0 Å². The number of rotatable bonds is 5. The first-order valence-electron chi connectivity index (χ1n) is 6.84. The lowest BCUT2D eigenvalue weighted by Crippen LogP contribution is -2.31. The van der Waals surface area contributed by atoms with E-state index in [-0.39, 0.29) is 24.1 Å². The van der Waals surface area contributed by atoms with Gasteiger partial charge in [0.1, 0.15) is 0 Å². The Bertz CT molecular complexity index is 658. The summed E-state index contributed by atoms with van der Waals surface area (Å²) in [6.07, 6.45) is 0. The van der Waals surface area contributed by atoms with E-state index in [0.717, 1.165) is 5.56 Å². The van der Waals surface area contributed by atoms with Gasteiger partial charge in [-0.15, -0.1) is 0 Å². The van der Waals surface area contributed by atoms with E-state index in [1.807, 2.05) is 37.3 Å². The lowest BCUT2D eigenvalue weighted by atomic mass is 10.1. The van der Waals surface area contributed by atoms with Gasteiger partial charge in [-0.25, -0.2) is 4.79 Å². The second-order valence-electron chi connectivity index (χ2n) is 4.76. The summed E-state index contributed by atoms with van der Waals surface area (Å²) in [6, 6.07) is 15.9. The highest BCUT2D eigenvalue weighted by atomic mass is 35.5. The summed E-state index contributed by atoms with van der Waals surface area (Å²) < 4.78 is 4.97. The Morgan fingerprint density at radius 2 is 1.73 bits per heavy atom. The summed E-state index contributed by atoms with van der Waals surface area (Å²) in [5, 5.41) is 3.07. The number of halogens is 1. The molecule has 0 aliphatic rings. The first-order chi connectivity index (χ1) is 10.6. The molecule has 5 heteroatoms. The van der Waals surface area contributed by atoms with E-state index >= 15 is 0 Å². The number of nitrogens with one attached hydrogen (secondary N) is 1. The maximum absolute atomic E-state index is 11.8. The molecular formula is C17H16ClNO3. The first kappa shape index (κ1) is 16.0. The minimum absolute atomic E-state index is 0.160. The predicted molar refractivity (Wildman–Crippen MR) is 84.7 cm³/mol. The molecule has 0 aliphatic heterocycles. The van der Waals surface area contributed by atoms with E-state index in [2.05, 4.69) is 5.32 Å². The van der Waals surface area contributed by atoms with Crippen LogP contribution in [0.1, 0.15) is 28.9 Å². The number of ether oxygens (including phenoxy) is 1. The van der Waals surface area contributed by atoms with Gasteiger partial charge in [-0.1, -0.05) is 54.1 Å². The number of esters is 1. The van der Waals surface area contributed by atoms with Crippen molar-refractivity contribution >= 4 is 23.5 Å². The van der Waals surface area contributed by atoms with Crippen LogP contribution in [0.15, 0.2) is 54.6 Å². The number of carbonyl (C=O) groups is 2. The third-order valence-corrected chi connectivity index (χ3v) is 3.43. The molecule has 0 saturated carbocycles. The Morgan fingerprint density at radius 3 is 2.41 bits per heavy atom. The molecule has 0 spiro atoms. The third kappa shape index (κ3) is 4.33. The molecular weight excluding hydrogens is 302 g/mol. The smallest absolute Gasteiger partial charge is 0.340 e. The Hall–Kier alpha value is -2.33. The molecule has 0 aliphatic carbocycles. The zero-order valence-corrected chi connectivity index (χ0v) is 12.8. The molecule has 0 aromatic heterocycles. The molecule has 0 heterocycles. The fourth-order valence-corrected chi connectivity index (χ4v) is 2.16. The zero-order chi connectivity index (χ0) is 15.9. The van der Waals surface area contributed by atoms with Crippen molar-refractivity contribution in [3.63, 3.8) is 0 Å². The minimum atomic E-state index is -0.617. The van der Waals surface area contributed by atoms with E-state index in [1.54, 1.807) is 24.3 Å². The molecule has 2 aromatic carbocycles. The van der Waals surface area contributed by atoms with Crippen molar-refractivity contribution in [2.24, 2.45) is 0 Å². The van der Waals surface area contributed by atoms with Gasteiger partial charge in [-0.2, -0.15) is 0 Å². The number of hydrogen-bond donors (Lipinski definition) is 1. The molecule has 1 amide bonds. The Balaban J connectivity index is 1.85. The lowest BCUT2D eigenvalue weighted by molar-refractivity contribution is -0.124. The van der Waals surface area contributed by atoms with Crippen LogP contribution in [-0.2, 0) is 9.53 Å². The highest BCUT2D eigenvalue weighted by molar-refractivity contribution is 6.33. The molecule has 1 unspecified atom stereocenters. The molecule has 22 heavy (non-hydrogen) atoms. The van der Waals surface area contributed by atoms with Crippen LogP contribution in [0, 0.1) is 0 Å². The zero-order valence-electron chi connectivity index (χ0n) is 12.1. The molecule has 0 radical (unpaired) electrons. The highest BCUT2D eigenvalue weighted by Gasteiger charge is 2.14. The second-order valence-corrected chi connectivity index (χ2v) is 5.16. The molecule has 1 N–H and O–H groups in total. The largest absolute Gasteiger partial charge is 0.452 e. The number of hydrogen-bond acceptors (Lipinski definition) is 3.